The first-order valence-corrected chi connectivity index (χ1v) is 6.80. The van der Waals surface area contributed by atoms with Gasteiger partial charge >= 0.3 is 0 Å². The normalized spacial score (nSPS) is 10.2. The van der Waals surface area contributed by atoms with E-state index in [9.17, 15) is 0 Å². The molecular formula is C15H16ClN3O3. The highest BCUT2D eigenvalue weighted by atomic mass is 35.5. The number of benzene rings is 1. The monoisotopic (exact) mass is 321 g/mol. The molecule has 7 heteroatoms. The molecule has 2 aromatic rings. The summed E-state index contributed by atoms with van der Waals surface area (Å²) in [6.07, 6.45) is 0. The van der Waals surface area contributed by atoms with Crippen molar-refractivity contribution in [3.8, 4) is 34.4 Å². The van der Waals surface area contributed by atoms with Crippen LogP contribution in [0.2, 0.25) is 5.02 Å². The summed E-state index contributed by atoms with van der Waals surface area (Å²) in [5, 5.41) is 9.43. The molecule has 1 aromatic carbocycles. The van der Waals surface area contributed by atoms with Crippen LogP contribution in [0.5, 0.6) is 17.2 Å². The molecule has 0 aliphatic heterocycles. The van der Waals surface area contributed by atoms with Crippen molar-refractivity contribution in [3.05, 3.63) is 28.5 Å². The topological polar surface area (TPSA) is 93.3 Å². The fourth-order valence-electron chi connectivity index (χ4n) is 2.33. The lowest BCUT2D eigenvalue weighted by atomic mass is 10.0. The van der Waals surface area contributed by atoms with Crippen LogP contribution in [-0.2, 0) is 6.54 Å². The van der Waals surface area contributed by atoms with E-state index >= 15 is 0 Å². The van der Waals surface area contributed by atoms with E-state index in [-0.39, 0.29) is 12.2 Å². The van der Waals surface area contributed by atoms with Crippen LogP contribution in [0.1, 0.15) is 11.4 Å². The summed E-state index contributed by atoms with van der Waals surface area (Å²) in [7, 11) is 4.58. The minimum absolute atomic E-state index is 0.203. The molecule has 1 heterocycles. The van der Waals surface area contributed by atoms with Crippen molar-refractivity contribution in [1.29, 1.82) is 5.26 Å². The third-order valence-corrected chi connectivity index (χ3v) is 3.68. The van der Waals surface area contributed by atoms with Crippen LogP contribution in [0.15, 0.2) is 12.1 Å². The Kier molecular flexibility index (Phi) is 4.81. The van der Waals surface area contributed by atoms with Gasteiger partial charge in [-0.2, -0.15) is 5.26 Å². The number of nitrogens with one attached hydrogen (secondary N) is 1. The van der Waals surface area contributed by atoms with Crippen LogP contribution in [0.4, 0.5) is 0 Å². The molecule has 0 fully saturated rings. The van der Waals surface area contributed by atoms with E-state index in [0.29, 0.717) is 39.1 Å². The maximum absolute atomic E-state index is 9.13. The van der Waals surface area contributed by atoms with E-state index in [2.05, 4.69) is 4.98 Å². The quantitative estimate of drug-likeness (QED) is 0.883. The molecule has 0 unspecified atom stereocenters. The number of nitrogens with zero attached hydrogens (tertiary/aromatic N) is 1. The van der Waals surface area contributed by atoms with Gasteiger partial charge in [0.15, 0.2) is 11.5 Å². The second kappa shape index (κ2) is 6.60. The van der Waals surface area contributed by atoms with Gasteiger partial charge in [0, 0.05) is 23.4 Å². The molecule has 116 valence electrons. The minimum atomic E-state index is 0.203. The van der Waals surface area contributed by atoms with Crippen molar-refractivity contribution in [2.24, 2.45) is 5.73 Å². The average Bonchev–Trinajstić information content (AvgIpc) is 2.88. The molecule has 0 spiro atoms. The number of aromatic amines is 1. The van der Waals surface area contributed by atoms with Crippen molar-refractivity contribution in [1.82, 2.24) is 4.98 Å². The smallest absolute Gasteiger partial charge is 0.203 e. The number of H-pyrrole nitrogens is 1. The SMILES string of the molecule is COc1ccc(-c2c(CN)[nH]c(C#N)c2Cl)c(OC)c1OC. The molecule has 22 heavy (non-hydrogen) atoms. The Labute approximate surface area is 133 Å². The lowest BCUT2D eigenvalue weighted by Gasteiger charge is -2.16. The number of nitrogens with two attached hydrogens (primary N) is 1. The Morgan fingerprint density at radius 3 is 2.36 bits per heavy atom. The molecule has 0 bridgehead atoms. The number of nitriles is 1. The van der Waals surface area contributed by atoms with E-state index in [4.69, 9.17) is 36.8 Å². The molecule has 2 rings (SSSR count). The summed E-state index contributed by atoms with van der Waals surface area (Å²) in [5.41, 5.74) is 7.94. The Hall–Kier alpha value is -2.36. The van der Waals surface area contributed by atoms with E-state index in [1.807, 2.05) is 6.07 Å². The molecule has 0 saturated heterocycles. The Bertz CT molecular complexity index is 735. The number of ether oxygens (including phenoxy) is 3. The summed E-state index contributed by atoms with van der Waals surface area (Å²) >= 11 is 6.30. The lowest BCUT2D eigenvalue weighted by molar-refractivity contribution is 0.325. The number of hydrogen-bond donors (Lipinski definition) is 2. The van der Waals surface area contributed by atoms with Crippen LogP contribution < -0.4 is 19.9 Å². The van der Waals surface area contributed by atoms with Gasteiger partial charge in [-0.15, -0.1) is 0 Å². The molecule has 0 radical (unpaired) electrons. The van der Waals surface area contributed by atoms with Gasteiger partial charge in [-0.1, -0.05) is 11.6 Å². The highest BCUT2D eigenvalue weighted by Crippen LogP contribution is 2.47. The van der Waals surface area contributed by atoms with Crippen LogP contribution in [0.25, 0.3) is 11.1 Å². The van der Waals surface area contributed by atoms with E-state index in [1.54, 1.807) is 19.2 Å². The third-order valence-electron chi connectivity index (χ3n) is 3.31. The molecular weight excluding hydrogens is 306 g/mol. The fourth-order valence-corrected chi connectivity index (χ4v) is 2.64. The Balaban J connectivity index is 2.79. The molecule has 0 aliphatic rings. The summed E-state index contributed by atoms with van der Waals surface area (Å²) in [4.78, 5) is 2.92. The minimum Gasteiger partial charge on any atom is -0.493 e. The first kappa shape index (κ1) is 16.0. The predicted octanol–water partition coefficient (Wildman–Crippen LogP) is 2.69. The van der Waals surface area contributed by atoms with Gasteiger partial charge in [0.1, 0.15) is 11.8 Å². The number of aromatic nitrogens is 1. The summed E-state index contributed by atoms with van der Waals surface area (Å²) in [6, 6.07) is 5.54. The lowest BCUT2D eigenvalue weighted by Crippen LogP contribution is -2.01. The summed E-state index contributed by atoms with van der Waals surface area (Å²) < 4.78 is 16.1. The van der Waals surface area contributed by atoms with Crippen molar-refractivity contribution >= 4 is 11.6 Å². The molecule has 0 amide bonds. The zero-order valence-corrected chi connectivity index (χ0v) is 13.2. The van der Waals surface area contributed by atoms with Crippen LogP contribution >= 0.6 is 11.6 Å². The van der Waals surface area contributed by atoms with Gasteiger partial charge in [0.05, 0.1) is 26.4 Å². The predicted molar refractivity (Wildman–Crippen MR) is 83.5 cm³/mol. The first-order chi connectivity index (χ1) is 10.6. The van der Waals surface area contributed by atoms with Crippen LogP contribution in [0.3, 0.4) is 0 Å². The van der Waals surface area contributed by atoms with E-state index < -0.39 is 0 Å². The second-order valence-electron chi connectivity index (χ2n) is 4.37. The standard InChI is InChI=1S/C15H16ClN3O3/c1-20-11-5-4-8(14(21-2)15(11)22-3)12-9(6-17)19-10(7-18)13(12)16/h4-5,19H,6,17H2,1-3H3. The van der Waals surface area contributed by atoms with Crippen LogP contribution in [0, 0.1) is 11.3 Å². The maximum atomic E-state index is 9.13. The highest BCUT2D eigenvalue weighted by molar-refractivity contribution is 6.34. The molecule has 3 N–H and O–H groups in total. The molecule has 0 saturated carbocycles. The highest BCUT2D eigenvalue weighted by Gasteiger charge is 2.23. The zero-order valence-electron chi connectivity index (χ0n) is 12.5. The zero-order chi connectivity index (χ0) is 16.3. The second-order valence-corrected chi connectivity index (χ2v) is 4.74. The summed E-state index contributed by atoms with van der Waals surface area (Å²) in [5.74, 6) is 1.44. The summed E-state index contributed by atoms with van der Waals surface area (Å²) in [6.45, 7) is 0.203. The fraction of sp³-hybridized carbons (Fsp3) is 0.267. The molecule has 0 aliphatic carbocycles. The third kappa shape index (κ3) is 2.45. The number of methoxy groups -OCH3 is 3. The maximum Gasteiger partial charge on any atom is 0.203 e. The van der Waals surface area contributed by atoms with Gasteiger partial charge in [0.2, 0.25) is 5.75 Å². The Morgan fingerprint density at radius 2 is 1.86 bits per heavy atom. The first-order valence-electron chi connectivity index (χ1n) is 6.42. The van der Waals surface area contributed by atoms with Crippen LogP contribution in [-0.4, -0.2) is 26.3 Å². The van der Waals surface area contributed by atoms with Crippen molar-refractivity contribution in [2.45, 2.75) is 6.54 Å². The van der Waals surface area contributed by atoms with Gasteiger partial charge in [-0.05, 0) is 12.1 Å². The Morgan fingerprint density at radius 1 is 1.18 bits per heavy atom. The van der Waals surface area contributed by atoms with Gasteiger partial charge in [-0.3, -0.25) is 0 Å². The van der Waals surface area contributed by atoms with Gasteiger partial charge in [0.25, 0.3) is 0 Å². The number of halogens is 1. The van der Waals surface area contributed by atoms with E-state index in [0.717, 1.165) is 0 Å². The largest absolute Gasteiger partial charge is 0.493 e. The van der Waals surface area contributed by atoms with E-state index in [1.165, 1.54) is 14.2 Å². The van der Waals surface area contributed by atoms with Gasteiger partial charge < -0.3 is 24.9 Å². The molecule has 0 atom stereocenters. The average molecular weight is 322 g/mol. The number of rotatable bonds is 5. The number of hydrogen-bond acceptors (Lipinski definition) is 5. The van der Waals surface area contributed by atoms with Crippen molar-refractivity contribution in [3.63, 3.8) is 0 Å². The molecule has 6 nitrogen and oxygen atoms in total. The van der Waals surface area contributed by atoms with Gasteiger partial charge in [-0.25, -0.2) is 0 Å². The van der Waals surface area contributed by atoms with Crippen molar-refractivity contribution in [2.75, 3.05) is 21.3 Å². The molecule has 1 aromatic heterocycles. The van der Waals surface area contributed by atoms with Crippen molar-refractivity contribution < 1.29 is 14.2 Å².